The first-order valence-corrected chi connectivity index (χ1v) is 8.31. The predicted molar refractivity (Wildman–Crippen MR) is 93.5 cm³/mol. The predicted octanol–water partition coefficient (Wildman–Crippen LogP) is 3.20. The van der Waals surface area contributed by atoms with Crippen LogP contribution >= 0.6 is 0 Å². The Morgan fingerprint density at radius 1 is 1.29 bits per heavy atom. The van der Waals surface area contributed by atoms with Crippen molar-refractivity contribution in [3.05, 3.63) is 64.5 Å². The zero-order valence-electron chi connectivity index (χ0n) is 14.7. The molecule has 0 fully saturated rings. The number of amides is 3. The Labute approximate surface area is 158 Å². The number of benzene rings is 2. The van der Waals surface area contributed by atoms with Crippen LogP contribution in [0.25, 0.3) is 0 Å². The molecule has 0 aromatic heterocycles. The van der Waals surface area contributed by atoms with Gasteiger partial charge in [-0.25, -0.2) is 18.0 Å². The van der Waals surface area contributed by atoms with E-state index in [-0.39, 0.29) is 35.5 Å². The summed E-state index contributed by atoms with van der Waals surface area (Å²) in [6.45, 7) is 1.02. The Balaban J connectivity index is 1.68. The first kappa shape index (κ1) is 19.2. The Kier molecular flexibility index (Phi) is 5.22. The molecule has 0 aliphatic carbocycles. The molecule has 0 bridgehead atoms. The van der Waals surface area contributed by atoms with Gasteiger partial charge in [-0.3, -0.25) is 4.79 Å². The van der Waals surface area contributed by atoms with Crippen LogP contribution in [0.1, 0.15) is 29.7 Å². The molecule has 3 rings (SSSR count). The van der Waals surface area contributed by atoms with Gasteiger partial charge in [0.15, 0.2) is 0 Å². The Bertz CT molecular complexity index is 1000. The van der Waals surface area contributed by atoms with Crippen molar-refractivity contribution in [1.29, 1.82) is 5.26 Å². The highest BCUT2D eigenvalue weighted by molar-refractivity contribution is 5.95. The number of nitriles is 1. The lowest BCUT2D eigenvalue weighted by molar-refractivity contribution is -0.122. The van der Waals surface area contributed by atoms with E-state index in [4.69, 9.17) is 5.26 Å². The molecule has 9 heteroatoms. The molecule has 3 amide bonds. The van der Waals surface area contributed by atoms with Gasteiger partial charge in [-0.15, -0.1) is 0 Å². The summed E-state index contributed by atoms with van der Waals surface area (Å²) >= 11 is 0. The van der Waals surface area contributed by atoms with Crippen LogP contribution < -0.4 is 10.6 Å². The third kappa shape index (κ3) is 3.91. The van der Waals surface area contributed by atoms with E-state index in [0.29, 0.717) is 6.07 Å². The minimum Gasteiger partial charge on any atom is -0.348 e. The van der Waals surface area contributed by atoms with E-state index in [1.165, 1.54) is 12.1 Å². The molecule has 6 nitrogen and oxygen atoms in total. The van der Waals surface area contributed by atoms with E-state index < -0.39 is 35.4 Å². The molecule has 1 heterocycles. The number of hydrogen-bond donors (Lipinski definition) is 2. The van der Waals surface area contributed by atoms with Crippen molar-refractivity contribution in [3.8, 4) is 6.07 Å². The van der Waals surface area contributed by atoms with Gasteiger partial charge in [-0.2, -0.15) is 5.26 Å². The smallest absolute Gasteiger partial charge is 0.322 e. The summed E-state index contributed by atoms with van der Waals surface area (Å²) < 4.78 is 41.2. The van der Waals surface area contributed by atoms with E-state index in [1.807, 2.05) is 6.07 Å². The number of nitrogens with one attached hydrogen (secondary N) is 2. The van der Waals surface area contributed by atoms with Gasteiger partial charge in [0.1, 0.15) is 24.0 Å². The lowest BCUT2D eigenvalue weighted by Crippen LogP contribution is -2.45. The van der Waals surface area contributed by atoms with Crippen LogP contribution in [0.2, 0.25) is 0 Å². The van der Waals surface area contributed by atoms with Crippen molar-refractivity contribution in [2.75, 3.05) is 11.9 Å². The Morgan fingerprint density at radius 2 is 2.04 bits per heavy atom. The maximum absolute atomic E-state index is 14.1. The number of anilines is 1. The van der Waals surface area contributed by atoms with Gasteiger partial charge in [-0.1, -0.05) is 6.07 Å². The number of carbonyl (C=O) groups is 2. The molecule has 2 aromatic rings. The van der Waals surface area contributed by atoms with Crippen LogP contribution in [0.4, 0.5) is 23.7 Å². The molecule has 0 saturated heterocycles. The van der Waals surface area contributed by atoms with Gasteiger partial charge < -0.3 is 15.5 Å². The second-order valence-electron chi connectivity index (χ2n) is 6.35. The fourth-order valence-electron chi connectivity index (χ4n) is 2.97. The summed E-state index contributed by atoms with van der Waals surface area (Å²) in [6, 6.07) is 6.04. The van der Waals surface area contributed by atoms with Gasteiger partial charge in [0.05, 0.1) is 29.9 Å². The lowest BCUT2D eigenvalue weighted by Gasteiger charge is -2.29. The first-order chi connectivity index (χ1) is 13.3. The molecule has 1 aliphatic heterocycles. The van der Waals surface area contributed by atoms with Crippen LogP contribution in [-0.4, -0.2) is 23.4 Å². The molecule has 0 unspecified atom stereocenters. The third-order valence-corrected chi connectivity index (χ3v) is 4.33. The molecular weight excluding hydrogens is 373 g/mol. The summed E-state index contributed by atoms with van der Waals surface area (Å²) in [4.78, 5) is 25.4. The van der Waals surface area contributed by atoms with Crippen LogP contribution in [0.5, 0.6) is 0 Å². The molecule has 28 heavy (non-hydrogen) atoms. The van der Waals surface area contributed by atoms with Crippen LogP contribution in [0, 0.1) is 28.8 Å². The first-order valence-electron chi connectivity index (χ1n) is 8.31. The highest BCUT2D eigenvalue weighted by atomic mass is 19.1. The minimum absolute atomic E-state index is 0.115. The Morgan fingerprint density at radius 3 is 2.71 bits per heavy atom. The van der Waals surface area contributed by atoms with Crippen LogP contribution in [0.3, 0.4) is 0 Å². The number of halogens is 3. The van der Waals surface area contributed by atoms with Gasteiger partial charge in [0.2, 0.25) is 5.91 Å². The number of rotatable bonds is 4. The van der Waals surface area contributed by atoms with Crippen LogP contribution in [-0.2, 0) is 11.3 Å². The summed E-state index contributed by atoms with van der Waals surface area (Å²) in [7, 11) is 0. The molecule has 1 aliphatic rings. The minimum atomic E-state index is -0.891. The number of urea groups is 1. The van der Waals surface area contributed by atoms with Gasteiger partial charge in [-0.05, 0) is 25.1 Å². The van der Waals surface area contributed by atoms with E-state index in [9.17, 15) is 22.8 Å². The standard InChI is InChI=1S/C19H15F3N4O2/c1-10(14-3-2-11(7-23)4-15(14)21)24-17(27)9-26-8-12-5-13(20)6-16(22)18(12)25-19(26)28/h2-6,10H,8-9H2,1H3,(H,24,27)(H,25,28)/t10-/m1/s1. The fourth-order valence-corrected chi connectivity index (χ4v) is 2.97. The number of hydrogen-bond acceptors (Lipinski definition) is 3. The molecule has 2 N–H and O–H groups in total. The monoisotopic (exact) mass is 388 g/mol. The molecule has 2 aromatic carbocycles. The molecule has 0 radical (unpaired) electrons. The summed E-state index contributed by atoms with van der Waals surface area (Å²) in [6.07, 6.45) is 0. The fraction of sp³-hybridized carbons (Fsp3) is 0.211. The average molecular weight is 388 g/mol. The number of carbonyl (C=O) groups excluding carboxylic acids is 2. The maximum Gasteiger partial charge on any atom is 0.322 e. The highest BCUT2D eigenvalue weighted by Crippen LogP contribution is 2.27. The normalized spacial score (nSPS) is 14.0. The largest absolute Gasteiger partial charge is 0.348 e. The lowest BCUT2D eigenvalue weighted by atomic mass is 10.1. The van der Waals surface area contributed by atoms with Crippen molar-refractivity contribution >= 4 is 17.6 Å². The summed E-state index contributed by atoms with van der Waals surface area (Å²) in [5.74, 6) is -2.90. The van der Waals surface area contributed by atoms with Crippen molar-refractivity contribution in [1.82, 2.24) is 10.2 Å². The van der Waals surface area contributed by atoms with Crippen molar-refractivity contribution in [2.24, 2.45) is 0 Å². The second-order valence-corrected chi connectivity index (χ2v) is 6.35. The maximum atomic E-state index is 14.1. The number of fused-ring (bicyclic) bond motifs is 1. The van der Waals surface area contributed by atoms with Crippen molar-refractivity contribution in [2.45, 2.75) is 19.5 Å². The van der Waals surface area contributed by atoms with Crippen molar-refractivity contribution < 1.29 is 22.8 Å². The van der Waals surface area contributed by atoms with Gasteiger partial charge in [0.25, 0.3) is 0 Å². The molecule has 0 spiro atoms. The van der Waals surface area contributed by atoms with E-state index in [0.717, 1.165) is 17.0 Å². The third-order valence-electron chi connectivity index (χ3n) is 4.33. The summed E-state index contributed by atoms with van der Waals surface area (Å²) in [5.41, 5.74) is 0.431. The van der Waals surface area contributed by atoms with Gasteiger partial charge in [0, 0.05) is 17.2 Å². The van der Waals surface area contributed by atoms with E-state index in [2.05, 4.69) is 10.6 Å². The highest BCUT2D eigenvalue weighted by Gasteiger charge is 2.27. The van der Waals surface area contributed by atoms with E-state index >= 15 is 0 Å². The molecule has 144 valence electrons. The molecule has 1 atom stereocenters. The van der Waals surface area contributed by atoms with Crippen LogP contribution in [0.15, 0.2) is 30.3 Å². The Hall–Kier alpha value is -3.54. The topological polar surface area (TPSA) is 85.2 Å². The average Bonchev–Trinajstić information content (AvgIpc) is 2.62. The molecule has 0 saturated carbocycles. The zero-order chi connectivity index (χ0) is 20.4. The quantitative estimate of drug-likeness (QED) is 0.844. The van der Waals surface area contributed by atoms with Crippen molar-refractivity contribution in [3.63, 3.8) is 0 Å². The zero-order valence-corrected chi connectivity index (χ0v) is 14.7. The summed E-state index contributed by atoms with van der Waals surface area (Å²) in [5, 5.41) is 13.6. The van der Waals surface area contributed by atoms with Gasteiger partial charge >= 0.3 is 6.03 Å². The second kappa shape index (κ2) is 7.60. The number of nitrogens with zero attached hydrogens (tertiary/aromatic N) is 2. The SMILES string of the molecule is C[C@@H](NC(=O)CN1Cc2cc(F)cc(F)c2NC1=O)c1ccc(C#N)cc1F. The molecular formula is C19H15F3N4O2. The van der Waals surface area contributed by atoms with E-state index in [1.54, 1.807) is 6.92 Å².